The first-order valence-corrected chi connectivity index (χ1v) is 4.32. The Morgan fingerprint density at radius 3 is 2.64 bits per heavy atom. The molecule has 0 radical (unpaired) electrons. The number of anilines is 1. The maximum Gasteiger partial charge on any atom is 0.432 e. The van der Waals surface area contributed by atoms with E-state index in [-0.39, 0.29) is 11.9 Å². The van der Waals surface area contributed by atoms with Gasteiger partial charge in [-0.3, -0.25) is 5.10 Å². The van der Waals surface area contributed by atoms with Crippen LogP contribution in [-0.4, -0.2) is 16.2 Å². The Hall–Kier alpha value is -1.20. The molecular weight excluding hydrogens is 195 g/mol. The summed E-state index contributed by atoms with van der Waals surface area (Å²) in [6, 6.07) is 1.07. The van der Waals surface area contributed by atoms with Gasteiger partial charge in [-0.25, -0.2) is 0 Å². The average Bonchev–Trinajstić information content (AvgIpc) is 2.51. The van der Waals surface area contributed by atoms with Crippen LogP contribution in [0.4, 0.5) is 19.0 Å². The second kappa shape index (κ2) is 3.89. The fourth-order valence-corrected chi connectivity index (χ4v) is 0.895. The molecule has 0 aliphatic rings. The van der Waals surface area contributed by atoms with Crippen LogP contribution in [0.15, 0.2) is 6.07 Å². The van der Waals surface area contributed by atoms with Crippen LogP contribution in [0.3, 0.4) is 0 Å². The van der Waals surface area contributed by atoms with Crippen molar-refractivity contribution in [3.8, 4) is 0 Å². The van der Waals surface area contributed by atoms with Gasteiger partial charge in [0, 0.05) is 12.1 Å². The van der Waals surface area contributed by atoms with Gasteiger partial charge in [-0.15, -0.1) is 0 Å². The van der Waals surface area contributed by atoms with E-state index in [0.717, 1.165) is 12.5 Å². The van der Waals surface area contributed by atoms with Gasteiger partial charge in [0.05, 0.1) is 0 Å². The Kier molecular flexibility index (Phi) is 3.03. The van der Waals surface area contributed by atoms with E-state index in [1.807, 2.05) is 18.9 Å². The van der Waals surface area contributed by atoms with Gasteiger partial charge in [0.1, 0.15) is 11.5 Å². The molecule has 1 aromatic heterocycles. The Balaban J connectivity index is 2.69. The fraction of sp³-hybridized carbons (Fsp3) is 0.625. The summed E-state index contributed by atoms with van der Waals surface area (Å²) >= 11 is 0. The second-order valence-electron chi connectivity index (χ2n) is 3.12. The number of aromatic amines is 1. The summed E-state index contributed by atoms with van der Waals surface area (Å²) in [5.41, 5.74) is -0.830. The van der Waals surface area contributed by atoms with E-state index in [2.05, 4.69) is 10.4 Å². The monoisotopic (exact) mass is 207 g/mol. The summed E-state index contributed by atoms with van der Waals surface area (Å²) in [7, 11) is 0. The Labute approximate surface area is 79.7 Å². The maximum absolute atomic E-state index is 12.1. The summed E-state index contributed by atoms with van der Waals surface area (Å²) in [5.74, 6) is 0.228. The van der Waals surface area contributed by atoms with E-state index in [1.165, 1.54) is 0 Å². The summed E-state index contributed by atoms with van der Waals surface area (Å²) in [4.78, 5) is 0. The lowest BCUT2D eigenvalue weighted by atomic mass is 10.2. The first kappa shape index (κ1) is 10.9. The molecule has 1 rings (SSSR count). The lowest BCUT2D eigenvalue weighted by Crippen LogP contribution is -2.13. The van der Waals surface area contributed by atoms with Crippen LogP contribution in [0.1, 0.15) is 26.0 Å². The van der Waals surface area contributed by atoms with Crippen molar-refractivity contribution in [1.82, 2.24) is 10.2 Å². The molecule has 0 spiro atoms. The number of rotatable bonds is 3. The Bertz CT molecular complexity index is 292. The number of aromatic nitrogens is 2. The first-order valence-electron chi connectivity index (χ1n) is 4.32. The van der Waals surface area contributed by atoms with E-state index < -0.39 is 11.9 Å². The molecule has 14 heavy (non-hydrogen) atoms. The predicted octanol–water partition coefficient (Wildman–Crippen LogP) is 2.64. The smallest absolute Gasteiger partial charge is 0.366 e. The minimum absolute atomic E-state index is 0.111. The number of alkyl halides is 3. The second-order valence-corrected chi connectivity index (χ2v) is 3.12. The van der Waals surface area contributed by atoms with Crippen LogP contribution in [-0.2, 0) is 6.18 Å². The number of halogens is 3. The molecule has 0 saturated heterocycles. The van der Waals surface area contributed by atoms with Crippen molar-refractivity contribution in [2.45, 2.75) is 32.5 Å². The number of nitrogens with one attached hydrogen (secondary N) is 2. The molecule has 1 atom stereocenters. The van der Waals surface area contributed by atoms with Crippen molar-refractivity contribution in [1.29, 1.82) is 0 Å². The minimum Gasteiger partial charge on any atom is -0.366 e. The van der Waals surface area contributed by atoms with E-state index >= 15 is 0 Å². The third-order valence-electron chi connectivity index (χ3n) is 1.89. The van der Waals surface area contributed by atoms with Gasteiger partial charge >= 0.3 is 6.18 Å². The molecule has 0 unspecified atom stereocenters. The van der Waals surface area contributed by atoms with Crippen molar-refractivity contribution < 1.29 is 13.2 Å². The molecule has 1 heterocycles. The van der Waals surface area contributed by atoms with Crippen LogP contribution in [0.2, 0.25) is 0 Å². The number of nitrogens with zero attached hydrogens (tertiary/aromatic N) is 1. The van der Waals surface area contributed by atoms with E-state index in [1.54, 1.807) is 0 Å². The zero-order valence-corrected chi connectivity index (χ0v) is 7.94. The van der Waals surface area contributed by atoms with Crippen molar-refractivity contribution in [3.63, 3.8) is 0 Å². The van der Waals surface area contributed by atoms with Gasteiger partial charge in [-0.05, 0) is 13.3 Å². The molecular formula is C8H12F3N3. The van der Waals surface area contributed by atoms with Crippen LogP contribution >= 0.6 is 0 Å². The highest BCUT2D eigenvalue weighted by atomic mass is 19.4. The third-order valence-corrected chi connectivity index (χ3v) is 1.89. The number of H-pyrrole nitrogens is 1. The summed E-state index contributed by atoms with van der Waals surface area (Å²) in [5, 5.41) is 8.29. The molecule has 0 aliphatic heterocycles. The first-order chi connectivity index (χ1) is 6.43. The fourth-order valence-electron chi connectivity index (χ4n) is 0.895. The maximum atomic E-state index is 12.1. The van der Waals surface area contributed by atoms with Gasteiger partial charge in [0.25, 0.3) is 0 Å². The lowest BCUT2D eigenvalue weighted by Gasteiger charge is -2.08. The van der Waals surface area contributed by atoms with Crippen LogP contribution in [0.25, 0.3) is 0 Å². The highest BCUT2D eigenvalue weighted by molar-refractivity contribution is 5.36. The molecule has 6 heteroatoms. The van der Waals surface area contributed by atoms with E-state index in [4.69, 9.17) is 0 Å². The third kappa shape index (κ3) is 2.65. The topological polar surface area (TPSA) is 40.7 Å². The zero-order chi connectivity index (χ0) is 10.8. The van der Waals surface area contributed by atoms with Crippen LogP contribution in [0.5, 0.6) is 0 Å². The van der Waals surface area contributed by atoms with Crippen molar-refractivity contribution in [2.75, 3.05) is 5.32 Å². The number of hydrogen-bond donors (Lipinski definition) is 2. The summed E-state index contributed by atoms with van der Waals surface area (Å²) < 4.78 is 36.4. The molecule has 0 aromatic carbocycles. The van der Waals surface area contributed by atoms with Crippen molar-refractivity contribution in [2.24, 2.45) is 0 Å². The van der Waals surface area contributed by atoms with Crippen LogP contribution in [0, 0.1) is 0 Å². The largest absolute Gasteiger partial charge is 0.432 e. The normalized spacial score (nSPS) is 14.1. The highest BCUT2D eigenvalue weighted by Gasteiger charge is 2.33. The summed E-state index contributed by atoms with van der Waals surface area (Å²) in [6.07, 6.45) is -3.53. The lowest BCUT2D eigenvalue weighted by molar-refractivity contribution is -0.141. The summed E-state index contributed by atoms with van der Waals surface area (Å²) in [6.45, 7) is 3.82. The SMILES string of the molecule is CC[C@@H](C)Nc1cc(C(F)(F)F)[nH]n1. The van der Waals surface area contributed by atoms with Crippen molar-refractivity contribution in [3.05, 3.63) is 11.8 Å². The van der Waals surface area contributed by atoms with Gasteiger partial charge < -0.3 is 5.32 Å². The van der Waals surface area contributed by atoms with Crippen molar-refractivity contribution >= 4 is 5.82 Å². The van der Waals surface area contributed by atoms with Gasteiger partial charge in [-0.1, -0.05) is 6.92 Å². The molecule has 0 aliphatic carbocycles. The molecule has 3 nitrogen and oxygen atoms in total. The Morgan fingerprint density at radius 1 is 1.57 bits per heavy atom. The highest BCUT2D eigenvalue weighted by Crippen LogP contribution is 2.28. The predicted molar refractivity (Wildman–Crippen MR) is 47.0 cm³/mol. The van der Waals surface area contributed by atoms with E-state index in [0.29, 0.717) is 0 Å². The van der Waals surface area contributed by atoms with Gasteiger partial charge in [-0.2, -0.15) is 18.3 Å². The standard InChI is InChI=1S/C8H12F3N3/c1-3-5(2)12-7-4-6(13-14-7)8(9,10)11/h4-5H,3H2,1-2H3,(H2,12,13,14)/t5-/m1/s1. The van der Waals surface area contributed by atoms with Crippen LogP contribution < -0.4 is 5.32 Å². The molecule has 0 saturated carbocycles. The van der Waals surface area contributed by atoms with Gasteiger partial charge in [0.15, 0.2) is 0 Å². The van der Waals surface area contributed by atoms with Gasteiger partial charge in [0.2, 0.25) is 0 Å². The van der Waals surface area contributed by atoms with E-state index in [9.17, 15) is 13.2 Å². The number of hydrogen-bond acceptors (Lipinski definition) is 2. The molecule has 2 N–H and O–H groups in total. The average molecular weight is 207 g/mol. The Morgan fingerprint density at radius 2 is 2.21 bits per heavy atom. The quantitative estimate of drug-likeness (QED) is 0.799. The molecule has 80 valence electrons. The molecule has 1 aromatic rings. The minimum atomic E-state index is -4.36. The molecule has 0 amide bonds. The molecule has 0 fully saturated rings. The molecule has 0 bridgehead atoms. The zero-order valence-electron chi connectivity index (χ0n) is 7.94.